The molecule has 0 spiro atoms. The Balaban J connectivity index is 1.40. The minimum absolute atomic E-state index is 0.0234. The van der Waals surface area contributed by atoms with Crippen molar-refractivity contribution in [1.29, 1.82) is 0 Å². The molecule has 146 valence electrons. The molecule has 1 aromatic rings. The fourth-order valence-electron chi connectivity index (χ4n) is 5.63. The van der Waals surface area contributed by atoms with E-state index in [0.29, 0.717) is 5.69 Å². The molecule has 0 aliphatic heterocycles. The molecule has 0 radical (unpaired) electrons. The van der Waals surface area contributed by atoms with E-state index in [-0.39, 0.29) is 16.5 Å². The molecule has 3 amide bonds. The van der Waals surface area contributed by atoms with Gasteiger partial charge in [0, 0.05) is 18.2 Å². The molecule has 5 rings (SSSR count). The highest BCUT2D eigenvalue weighted by molar-refractivity contribution is 7.90. The zero-order chi connectivity index (χ0) is 19.2. The van der Waals surface area contributed by atoms with Gasteiger partial charge in [-0.2, -0.15) is 0 Å². The van der Waals surface area contributed by atoms with Crippen LogP contribution in [0.1, 0.15) is 45.4 Å². The third kappa shape index (κ3) is 3.81. The highest BCUT2D eigenvalue weighted by atomic mass is 32.2. The second-order valence-corrected chi connectivity index (χ2v) is 10.1. The smallest absolute Gasteiger partial charge is 0.319 e. The van der Waals surface area contributed by atoms with E-state index >= 15 is 0 Å². The zero-order valence-electron chi connectivity index (χ0n) is 15.3. The molecule has 4 bridgehead atoms. The number of carbonyl (C=O) groups is 2. The number of benzene rings is 1. The van der Waals surface area contributed by atoms with Gasteiger partial charge in [0.2, 0.25) is 5.91 Å². The van der Waals surface area contributed by atoms with Gasteiger partial charge in [0.25, 0.3) is 10.0 Å². The summed E-state index contributed by atoms with van der Waals surface area (Å²) in [6.07, 6.45) is 7.15. The van der Waals surface area contributed by atoms with Gasteiger partial charge in [-0.3, -0.25) is 4.79 Å². The van der Waals surface area contributed by atoms with Crippen molar-refractivity contribution in [3.8, 4) is 0 Å². The van der Waals surface area contributed by atoms with Crippen molar-refractivity contribution in [3.05, 3.63) is 24.3 Å². The number of hydrogen-bond donors (Lipinski definition) is 3. The summed E-state index contributed by atoms with van der Waals surface area (Å²) in [7, 11) is -3.87. The summed E-state index contributed by atoms with van der Waals surface area (Å²) in [6.45, 7) is 1.14. The van der Waals surface area contributed by atoms with Crippen LogP contribution in [0.25, 0.3) is 0 Å². The molecule has 4 saturated carbocycles. The predicted octanol–water partition coefficient (Wildman–Crippen LogP) is 2.60. The molecule has 3 N–H and O–H groups in total. The first-order chi connectivity index (χ1) is 12.7. The third-order valence-electron chi connectivity index (χ3n) is 6.12. The van der Waals surface area contributed by atoms with Crippen LogP contribution < -0.4 is 15.4 Å². The highest BCUT2D eigenvalue weighted by Gasteiger charge is 2.51. The summed E-state index contributed by atoms with van der Waals surface area (Å²) >= 11 is 0. The van der Waals surface area contributed by atoms with Gasteiger partial charge in [0.15, 0.2) is 0 Å². The summed E-state index contributed by atoms with van der Waals surface area (Å²) in [5.74, 6) is 1.59. The molecule has 0 aromatic heterocycles. The van der Waals surface area contributed by atoms with Crippen molar-refractivity contribution in [1.82, 2.24) is 10.0 Å². The lowest BCUT2D eigenvalue weighted by Gasteiger charge is -2.56. The highest BCUT2D eigenvalue weighted by Crippen LogP contribution is 2.55. The van der Waals surface area contributed by atoms with Gasteiger partial charge in [-0.25, -0.2) is 17.9 Å². The van der Waals surface area contributed by atoms with Gasteiger partial charge in [-0.15, -0.1) is 0 Å². The number of rotatable bonds is 4. The maximum Gasteiger partial charge on any atom is 0.319 e. The van der Waals surface area contributed by atoms with Crippen LogP contribution in [0.5, 0.6) is 0 Å². The van der Waals surface area contributed by atoms with Crippen LogP contribution in [-0.2, 0) is 14.8 Å². The van der Waals surface area contributed by atoms with E-state index in [2.05, 4.69) is 10.6 Å². The first kappa shape index (κ1) is 18.3. The number of urea groups is 1. The Labute approximate surface area is 159 Å². The van der Waals surface area contributed by atoms with Crippen molar-refractivity contribution in [3.63, 3.8) is 0 Å². The van der Waals surface area contributed by atoms with E-state index in [0.717, 1.165) is 43.9 Å². The van der Waals surface area contributed by atoms with Gasteiger partial charge >= 0.3 is 6.03 Å². The molecule has 0 atom stereocenters. The molecule has 8 heteroatoms. The Hall–Kier alpha value is -2.09. The van der Waals surface area contributed by atoms with Gasteiger partial charge in [0.1, 0.15) is 0 Å². The van der Waals surface area contributed by atoms with Crippen molar-refractivity contribution in [2.45, 2.75) is 55.9 Å². The Kier molecular flexibility index (Phi) is 4.41. The average molecular weight is 391 g/mol. The number of carbonyl (C=O) groups excluding carboxylic acids is 2. The fourth-order valence-corrected chi connectivity index (χ4v) is 6.62. The van der Waals surface area contributed by atoms with Gasteiger partial charge < -0.3 is 10.6 Å². The van der Waals surface area contributed by atoms with Crippen LogP contribution in [0.3, 0.4) is 0 Å². The molecule has 0 unspecified atom stereocenters. The molecule has 0 heterocycles. The van der Waals surface area contributed by atoms with Crippen LogP contribution in [0, 0.1) is 17.8 Å². The first-order valence-electron chi connectivity index (χ1n) is 9.46. The van der Waals surface area contributed by atoms with E-state index in [9.17, 15) is 18.0 Å². The van der Waals surface area contributed by atoms with Gasteiger partial charge in [0.05, 0.1) is 4.90 Å². The number of anilines is 1. The third-order valence-corrected chi connectivity index (χ3v) is 7.57. The summed E-state index contributed by atoms with van der Waals surface area (Å²) in [4.78, 5) is 23.5. The molecule has 1 aromatic carbocycles. The molecule has 4 aliphatic carbocycles. The number of nitrogens with one attached hydrogen (secondary N) is 3. The second-order valence-electron chi connectivity index (χ2n) is 8.46. The lowest BCUT2D eigenvalue weighted by Crippen LogP contribution is -2.60. The fraction of sp³-hybridized carbons (Fsp3) is 0.579. The Morgan fingerprint density at radius 1 is 0.963 bits per heavy atom. The molecule has 4 fully saturated rings. The van der Waals surface area contributed by atoms with Crippen LogP contribution >= 0.6 is 0 Å². The van der Waals surface area contributed by atoms with Crippen molar-refractivity contribution in [2.75, 3.05) is 5.32 Å². The standard InChI is InChI=1S/C19H25N3O4S/c1-12(23)22-27(25,26)17-4-2-16(3-5-17)20-18(24)21-19-9-13-6-14(10-19)8-15(7-13)11-19/h2-5,13-15H,6-11H2,1H3,(H,22,23)(H2,20,21,24). The predicted molar refractivity (Wildman–Crippen MR) is 101 cm³/mol. The lowest BCUT2D eigenvalue weighted by molar-refractivity contribution is -0.117. The maximum absolute atomic E-state index is 12.5. The molecule has 0 saturated heterocycles. The molecule has 7 nitrogen and oxygen atoms in total. The van der Waals surface area contributed by atoms with Crippen LogP contribution in [0.2, 0.25) is 0 Å². The lowest BCUT2D eigenvalue weighted by atomic mass is 9.53. The van der Waals surface area contributed by atoms with Gasteiger partial charge in [-0.1, -0.05) is 0 Å². The molecule has 27 heavy (non-hydrogen) atoms. The number of amides is 3. The number of hydrogen-bond acceptors (Lipinski definition) is 4. The zero-order valence-corrected chi connectivity index (χ0v) is 16.1. The van der Waals surface area contributed by atoms with Crippen molar-refractivity contribution >= 4 is 27.6 Å². The molecule has 4 aliphatic rings. The van der Waals surface area contributed by atoms with E-state index in [1.807, 2.05) is 4.72 Å². The molecular formula is C19H25N3O4S. The SMILES string of the molecule is CC(=O)NS(=O)(=O)c1ccc(NC(=O)NC23CC4CC(CC(C4)C2)C3)cc1. The van der Waals surface area contributed by atoms with E-state index in [1.54, 1.807) is 0 Å². The quantitative estimate of drug-likeness (QED) is 0.734. The summed E-state index contributed by atoms with van der Waals surface area (Å²) < 4.78 is 25.8. The summed E-state index contributed by atoms with van der Waals surface area (Å²) in [6, 6.07) is 5.54. The van der Waals surface area contributed by atoms with Crippen LogP contribution in [-0.4, -0.2) is 25.9 Å². The van der Waals surface area contributed by atoms with Crippen LogP contribution in [0.4, 0.5) is 10.5 Å². The Morgan fingerprint density at radius 2 is 1.48 bits per heavy atom. The van der Waals surface area contributed by atoms with Crippen LogP contribution in [0.15, 0.2) is 29.2 Å². The minimum atomic E-state index is -3.87. The van der Waals surface area contributed by atoms with Crippen molar-refractivity contribution < 1.29 is 18.0 Å². The van der Waals surface area contributed by atoms with E-state index in [1.165, 1.54) is 43.5 Å². The molecular weight excluding hydrogens is 366 g/mol. The average Bonchev–Trinajstić information content (AvgIpc) is 2.52. The first-order valence-corrected chi connectivity index (χ1v) is 10.9. The number of sulfonamides is 1. The Morgan fingerprint density at radius 3 is 1.96 bits per heavy atom. The minimum Gasteiger partial charge on any atom is -0.332 e. The second kappa shape index (κ2) is 6.51. The van der Waals surface area contributed by atoms with Gasteiger partial charge in [-0.05, 0) is 80.5 Å². The van der Waals surface area contributed by atoms with E-state index in [4.69, 9.17) is 0 Å². The topological polar surface area (TPSA) is 104 Å². The Bertz CT molecular complexity index is 828. The van der Waals surface area contributed by atoms with E-state index < -0.39 is 15.9 Å². The largest absolute Gasteiger partial charge is 0.332 e. The monoisotopic (exact) mass is 391 g/mol. The normalized spacial score (nSPS) is 31.4. The summed E-state index contributed by atoms with van der Waals surface area (Å²) in [5.41, 5.74) is 0.437. The van der Waals surface area contributed by atoms with Crippen molar-refractivity contribution in [2.24, 2.45) is 17.8 Å². The maximum atomic E-state index is 12.5. The summed E-state index contributed by atoms with van der Waals surface area (Å²) in [5, 5.41) is 6.02.